The number of aryl methyl sites for hydroxylation is 1. The number of hydrogen-bond donors (Lipinski definition) is 2. The van der Waals surface area contributed by atoms with Crippen molar-refractivity contribution in [2.75, 3.05) is 11.9 Å². The Balaban J connectivity index is 1.61. The first kappa shape index (κ1) is 19.9. The van der Waals surface area contributed by atoms with Crippen LogP contribution in [-0.2, 0) is 14.8 Å². The average molecular weight is 401 g/mol. The minimum Gasteiger partial charge on any atom is -0.462 e. The fourth-order valence-corrected chi connectivity index (χ4v) is 3.86. The van der Waals surface area contributed by atoms with Crippen molar-refractivity contribution in [2.45, 2.75) is 37.5 Å². The van der Waals surface area contributed by atoms with Gasteiger partial charge in [-0.05, 0) is 62.2 Å². The van der Waals surface area contributed by atoms with E-state index in [9.17, 15) is 13.2 Å². The van der Waals surface area contributed by atoms with Crippen molar-refractivity contribution in [1.29, 1.82) is 0 Å². The normalized spacial score (nSPS) is 15.1. The standard InChI is InChI=1S/C20H23N3O4S/c1-15-6-9-17(27-15)10-13-20(24)22-16-7-11-18(12-8-16)28(25,26)23-19-5-3-2-4-14-21-19/h6-13H,2-5,14H2,1H3,(H,21,23)(H,22,24)/b13-10+. The summed E-state index contributed by atoms with van der Waals surface area (Å²) in [5.41, 5.74) is 0.496. The topological polar surface area (TPSA) is 101 Å². The number of nitrogens with one attached hydrogen (secondary N) is 2. The van der Waals surface area contributed by atoms with Gasteiger partial charge in [-0.25, -0.2) is 8.42 Å². The number of amides is 1. The number of carbonyl (C=O) groups excluding carboxylic acids is 1. The molecule has 0 radical (unpaired) electrons. The maximum atomic E-state index is 12.5. The van der Waals surface area contributed by atoms with Crippen LogP contribution in [0.5, 0.6) is 0 Å². The van der Waals surface area contributed by atoms with Crippen LogP contribution in [0.15, 0.2) is 56.8 Å². The molecule has 1 aromatic heterocycles. The molecule has 0 saturated heterocycles. The zero-order chi connectivity index (χ0) is 20.0. The third-order valence-electron chi connectivity index (χ3n) is 4.22. The van der Waals surface area contributed by atoms with Gasteiger partial charge in [0.2, 0.25) is 5.91 Å². The Morgan fingerprint density at radius 1 is 1.11 bits per heavy atom. The van der Waals surface area contributed by atoms with Gasteiger partial charge in [0, 0.05) is 24.7 Å². The predicted molar refractivity (Wildman–Crippen MR) is 109 cm³/mol. The number of hydrogen-bond acceptors (Lipinski definition) is 5. The molecule has 0 saturated carbocycles. The molecule has 8 heteroatoms. The Hall–Kier alpha value is -2.87. The number of aliphatic imine (C=N–C) groups is 1. The van der Waals surface area contributed by atoms with E-state index in [1.807, 2.05) is 13.0 Å². The Morgan fingerprint density at radius 3 is 2.61 bits per heavy atom. The number of rotatable bonds is 5. The summed E-state index contributed by atoms with van der Waals surface area (Å²) in [6.07, 6.45) is 6.52. The van der Waals surface area contributed by atoms with Crippen molar-refractivity contribution in [3.63, 3.8) is 0 Å². The molecule has 2 N–H and O–H groups in total. The molecular weight excluding hydrogens is 378 g/mol. The Kier molecular flexibility index (Phi) is 6.30. The Morgan fingerprint density at radius 2 is 1.89 bits per heavy atom. The molecule has 7 nitrogen and oxygen atoms in total. The monoisotopic (exact) mass is 401 g/mol. The number of benzene rings is 1. The molecule has 1 amide bonds. The lowest BCUT2D eigenvalue weighted by molar-refractivity contribution is -0.111. The summed E-state index contributed by atoms with van der Waals surface area (Å²) in [5, 5.41) is 2.68. The number of carbonyl (C=O) groups is 1. The minimum atomic E-state index is -3.69. The molecule has 0 atom stereocenters. The highest BCUT2D eigenvalue weighted by molar-refractivity contribution is 7.90. The minimum absolute atomic E-state index is 0.124. The molecule has 0 fully saturated rings. The van der Waals surface area contributed by atoms with E-state index in [1.165, 1.54) is 18.2 Å². The summed E-state index contributed by atoms with van der Waals surface area (Å²) in [6.45, 7) is 2.47. The van der Waals surface area contributed by atoms with Gasteiger partial charge in [-0.1, -0.05) is 6.42 Å². The van der Waals surface area contributed by atoms with Gasteiger partial charge in [0.05, 0.1) is 4.90 Å². The highest BCUT2D eigenvalue weighted by Gasteiger charge is 2.17. The van der Waals surface area contributed by atoms with Crippen LogP contribution in [-0.4, -0.2) is 26.7 Å². The highest BCUT2D eigenvalue weighted by atomic mass is 32.2. The van der Waals surface area contributed by atoms with E-state index >= 15 is 0 Å². The van der Waals surface area contributed by atoms with Crippen LogP contribution in [0.2, 0.25) is 0 Å². The summed E-state index contributed by atoms with van der Waals surface area (Å²) < 4.78 is 32.9. The van der Waals surface area contributed by atoms with E-state index < -0.39 is 10.0 Å². The SMILES string of the molecule is Cc1ccc(/C=C/C(=O)Nc2ccc(S(=O)(=O)NC3=NCCCCC3)cc2)o1. The summed E-state index contributed by atoms with van der Waals surface area (Å²) in [7, 11) is -3.69. The molecule has 148 valence electrons. The molecule has 0 unspecified atom stereocenters. The van der Waals surface area contributed by atoms with Crippen molar-refractivity contribution in [1.82, 2.24) is 4.72 Å². The van der Waals surface area contributed by atoms with Crippen molar-refractivity contribution in [3.05, 3.63) is 54.0 Å². The molecule has 28 heavy (non-hydrogen) atoms. The van der Waals surface area contributed by atoms with Crippen LogP contribution in [0, 0.1) is 6.92 Å². The number of anilines is 1. The fraction of sp³-hybridized carbons (Fsp3) is 0.300. The Labute approximate surface area is 164 Å². The van der Waals surface area contributed by atoms with Crippen LogP contribution in [0.1, 0.15) is 37.2 Å². The first-order valence-electron chi connectivity index (χ1n) is 9.14. The predicted octanol–water partition coefficient (Wildman–Crippen LogP) is 3.49. The fourth-order valence-electron chi connectivity index (χ4n) is 2.77. The molecular formula is C20H23N3O4S. The number of amidine groups is 1. The van der Waals surface area contributed by atoms with E-state index in [-0.39, 0.29) is 10.8 Å². The second-order valence-corrected chi connectivity index (χ2v) is 8.22. The van der Waals surface area contributed by atoms with Crippen LogP contribution in [0.4, 0.5) is 5.69 Å². The van der Waals surface area contributed by atoms with Gasteiger partial charge in [-0.3, -0.25) is 14.5 Å². The second kappa shape index (κ2) is 8.88. The van der Waals surface area contributed by atoms with E-state index in [1.54, 1.807) is 24.3 Å². The molecule has 1 aliphatic heterocycles. The van der Waals surface area contributed by atoms with E-state index in [0.29, 0.717) is 30.2 Å². The van der Waals surface area contributed by atoms with Crippen molar-refractivity contribution >= 4 is 33.5 Å². The smallest absolute Gasteiger partial charge is 0.262 e. The molecule has 0 aliphatic carbocycles. The van der Waals surface area contributed by atoms with Crippen molar-refractivity contribution in [2.24, 2.45) is 4.99 Å². The summed E-state index contributed by atoms with van der Waals surface area (Å²) in [6, 6.07) is 9.58. The summed E-state index contributed by atoms with van der Waals surface area (Å²) >= 11 is 0. The Bertz CT molecular complexity index is 989. The van der Waals surface area contributed by atoms with Crippen molar-refractivity contribution in [3.8, 4) is 0 Å². The lowest BCUT2D eigenvalue weighted by atomic mass is 10.2. The first-order chi connectivity index (χ1) is 13.4. The van der Waals surface area contributed by atoms with Crippen LogP contribution in [0.25, 0.3) is 6.08 Å². The molecule has 2 heterocycles. The molecule has 0 spiro atoms. The molecule has 1 aliphatic rings. The third kappa shape index (κ3) is 5.56. The third-order valence-corrected chi connectivity index (χ3v) is 5.62. The summed E-state index contributed by atoms with van der Waals surface area (Å²) in [4.78, 5) is 16.4. The lowest BCUT2D eigenvalue weighted by Gasteiger charge is -2.10. The van der Waals surface area contributed by atoms with Gasteiger partial charge in [0.1, 0.15) is 17.4 Å². The second-order valence-electron chi connectivity index (χ2n) is 6.54. The van der Waals surface area contributed by atoms with E-state index in [0.717, 1.165) is 25.0 Å². The number of sulfonamides is 1. The highest BCUT2D eigenvalue weighted by Crippen LogP contribution is 2.16. The molecule has 3 rings (SSSR count). The van der Waals surface area contributed by atoms with Gasteiger partial charge in [0.25, 0.3) is 10.0 Å². The zero-order valence-corrected chi connectivity index (χ0v) is 16.5. The van der Waals surface area contributed by atoms with Crippen LogP contribution < -0.4 is 10.0 Å². The lowest BCUT2D eigenvalue weighted by Crippen LogP contribution is -2.30. The molecule has 2 aromatic rings. The molecule has 0 bridgehead atoms. The average Bonchev–Trinajstić information content (AvgIpc) is 2.91. The molecule has 1 aromatic carbocycles. The maximum Gasteiger partial charge on any atom is 0.262 e. The number of furan rings is 1. The number of nitrogens with zero attached hydrogens (tertiary/aromatic N) is 1. The van der Waals surface area contributed by atoms with Gasteiger partial charge in [-0.2, -0.15) is 0 Å². The zero-order valence-electron chi connectivity index (χ0n) is 15.6. The van der Waals surface area contributed by atoms with Crippen molar-refractivity contribution < 1.29 is 17.6 Å². The quantitative estimate of drug-likeness (QED) is 0.749. The van der Waals surface area contributed by atoms with Gasteiger partial charge < -0.3 is 9.73 Å². The van der Waals surface area contributed by atoms with E-state index in [4.69, 9.17) is 4.42 Å². The van der Waals surface area contributed by atoms with Gasteiger partial charge in [-0.15, -0.1) is 0 Å². The summed E-state index contributed by atoms with van der Waals surface area (Å²) in [5.74, 6) is 1.52. The van der Waals surface area contributed by atoms with Gasteiger partial charge >= 0.3 is 0 Å². The first-order valence-corrected chi connectivity index (χ1v) is 10.6. The van der Waals surface area contributed by atoms with Gasteiger partial charge in [0.15, 0.2) is 0 Å². The van der Waals surface area contributed by atoms with Crippen LogP contribution >= 0.6 is 0 Å². The van der Waals surface area contributed by atoms with E-state index in [2.05, 4.69) is 15.0 Å². The van der Waals surface area contributed by atoms with Crippen LogP contribution in [0.3, 0.4) is 0 Å². The largest absolute Gasteiger partial charge is 0.462 e. The maximum absolute atomic E-state index is 12.5.